The summed E-state index contributed by atoms with van der Waals surface area (Å²) in [4.78, 5) is 25.5. The lowest BCUT2D eigenvalue weighted by molar-refractivity contribution is -0.145. The predicted octanol–water partition coefficient (Wildman–Crippen LogP) is 4.92. The second-order valence-corrected chi connectivity index (χ2v) is 10.9. The fourth-order valence-electron chi connectivity index (χ4n) is 7.39. The van der Waals surface area contributed by atoms with Crippen LogP contribution in [0.1, 0.15) is 60.3 Å². The van der Waals surface area contributed by atoms with E-state index in [1.165, 1.54) is 16.7 Å². The van der Waals surface area contributed by atoms with Gasteiger partial charge in [0.05, 0.1) is 0 Å². The van der Waals surface area contributed by atoms with Crippen molar-refractivity contribution in [2.45, 2.75) is 66.4 Å². The van der Waals surface area contributed by atoms with Crippen molar-refractivity contribution in [2.24, 2.45) is 28.6 Å². The van der Waals surface area contributed by atoms with Crippen LogP contribution in [-0.4, -0.2) is 27.9 Å². The quantitative estimate of drug-likeness (QED) is 0.583. The molecule has 164 valence electrons. The maximum atomic E-state index is 13.0. The van der Waals surface area contributed by atoms with Crippen molar-refractivity contribution in [1.82, 2.24) is 0 Å². The number of allylic oxidation sites excluding steroid dienone is 9. The zero-order chi connectivity index (χ0) is 22.5. The van der Waals surface area contributed by atoms with Crippen LogP contribution in [0.3, 0.4) is 0 Å². The van der Waals surface area contributed by atoms with Crippen molar-refractivity contribution in [1.29, 1.82) is 0 Å². The molecule has 5 rings (SSSR count). The molecule has 6 unspecified atom stereocenters. The van der Waals surface area contributed by atoms with E-state index >= 15 is 0 Å². The summed E-state index contributed by atoms with van der Waals surface area (Å²) < 4.78 is 0. The summed E-state index contributed by atoms with van der Waals surface area (Å²) in [5, 5.41) is 20.6. The summed E-state index contributed by atoms with van der Waals surface area (Å²) in [5.41, 5.74) is 6.10. The van der Waals surface area contributed by atoms with E-state index < -0.39 is 6.10 Å². The number of rotatable bonds is 0. The molecule has 0 saturated heterocycles. The number of carbonyl (C=O) groups excluding carboxylic acids is 2. The van der Waals surface area contributed by atoms with Crippen molar-refractivity contribution in [2.75, 3.05) is 0 Å². The number of aliphatic hydroxyl groups excluding tert-OH is 2. The Kier molecular flexibility index (Phi) is 4.28. The first kappa shape index (κ1) is 20.7. The molecule has 6 atom stereocenters. The molecule has 0 radical (unpaired) electrons. The average Bonchev–Trinajstić information content (AvgIpc) is 2.72. The van der Waals surface area contributed by atoms with Crippen LogP contribution in [0.25, 0.3) is 0 Å². The van der Waals surface area contributed by atoms with Crippen LogP contribution in [0.2, 0.25) is 0 Å². The summed E-state index contributed by atoms with van der Waals surface area (Å²) >= 11 is 0. The Hall–Kier alpha value is -2.20. The highest BCUT2D eigenvalue weighted by atomic mass is 16.3. The van der Waals surface area contributed by atoms with E-state index in [4.69, 9.17) is 0 Å². The monoisotopic (exact) mass is 420 g/mol. The molecule has 4 heteroatoms. The Labute approximate surface area is 184 Å². The minimum Gasteiger partial charge on any atom is -0.504 e. The molecular formula is C27H32O4. The van der Waals surface area contributed by atoms with Crippen molar-refractivity contribution < 1.29 is 19.8 Å². The van der Waals surface area contributed by atoms with Gasteiger partial charge in [-0.2, -0.15) is 0 Å². The van der Waals surface area contributed by atoms with E-state index in [2.05, 4.69) is 32.9 Å². The summed E-state index contributed by atoms with van der Waals surface area (Å²) in [6.45, 7) is 10.5. The number of hydrogen-bond donors (Lipinski definition) is 2. The number of carbonyl (C=O) groups is 2. The van der Waals surface area contributed by atoms with Gasteiger partial charge in [-0.15, -0.1) is 0 Å². The van der Waals surface area contributed by atoms with Gasteiger partial charge in [-0.1, -0.05) is 38.5 Å². The number of hydrogen-bond acceptors (Lipinski definition) is 4. The molecule has 4 nitrogen and oxygen atoms in total. The molecule has 5 aliphatic carbocycles. The molecule has 2 fully saturated rings. The molecular weight excluding hydrogens is 388 g/mol. The van der Waals surface area contributed by atoms with Crippen LogP contribution in [0, 0.1) is 28.6 Å². The third kappa shape index (κ3) is 2.51. The van der Waals surface area contributed by atoms with E-state index in [1.54, 1.807) is 6.08 Å². The van der Waals surface area contributed by atoms with Crippen molar-refractivity contribution in [3.63, 3.8) is 0 Å². The Morgan fingerprint density at radius 1 is 1.06 bits per heavy atom. The highest BCUT2D eigenvalue weighted by Crippen LogP contribution is 2.66. The van der Waals surface area contributed by atoms with Crippen LogP contribution in [0.5, 0.6) is 0 Å². The predicted molar refractivity (Wildman–Crippen MR) is 119 cm³/mol. The van der Waals surface area contributed by atoms with E-state index in [1.807, 2.05) is 13.8 Å². The van der Waals surface area contributed by atoms with Crippen molar-refractivity contribution in [3.8, 4) is 0 Å². The summed E-state index contributed by atoms with van der Waals surface area (Å²) in [5.74, 6) is -0.318. The Bertz CT molecular complexity index is 1080. The van der Waals surface area contributed by atoms with Gasteiger partial charge < -0.3 is 10.2 Å². The molecule has 0 aromatic carbocycles. The molecule has 31 heavy (non-hydrogen) atoms. The second kappa shape index (κ2) is 6.41. The lowest BCUT2D eigenvalue weighted by Crippen LogP contribution is -2.54. The Morgan fingerprint density at radius 3 is 2.48 bits per heavy atom. The van der Waals surface area contributed by atoms with Gasteiger partial charge in [-0.25, -0.2) is 0 Å². The van der Waals surface area contributed by atoms with Gasteiger partial charge in [0, 0.05) is 16.9 Å². The molecule has 0 aromatic rings. The third-order valence-electron chi connectivity index (χ3n) is 9.23. The van der Waals surface area contributed by atoms with Gasteiger partial charge in [0.15, 0.2) is 11.5 Å². The van der Waals surface area contributed by atoms with Gasteiger partial charge in [0.2, 0.25) is 5.78 Å². The molecule has 2 N–H and O–H groups in total. The zero-order valence-corrected chi connectivity index (χ0v) is 19.1. The number of Topliss-reactive ketones (excluding diaryl/α,β-unsaturated/α-hetero) is 1. The van der Waals surface area contributed by atoms with Gasteiger partial charge in [0.25, 0.3) is 0 Å². The largest absolute Gasteiger partial charge is 0.504 e. The fourth-order valence-corrected chi connectivity index (χ4v) is 7.39. The summed E-state index contributed by atoms with van der Waals surface area (Å²) in [6.07, 6.45) is 8.45. The highest BCUT2D eigenvalue weighted by Gasteiger charge is 2.58. The van der Waals surface area contributed by atoms with E-state index in [-0.39, 0.29) is 45.9 Å². The van der Waals surface area contributed by atoms with Crippen LogP contribution >= 0.6 is 0 Å². The topological polar surface area (TPSA) is 74.6 Å². The molecule has 2 saturated carbocycles. The molecule has 0 spiro atoms. The molecule has 5 aliphatic rings. The first-order chi connectivity index (χ1) is 14.5. The van der Waals surface area contributed by atoms with Crippen LogP contribution in [0.4, 0.5) is 0 Å². The zero-order valence-electron chi connectivity index (χ0n) is 19.1. The number of ketones is 2. The average molecular weight is 421 g/mol. The van der Waals surface area contributed by atoms with Crippen molar-refractivity contribution in [3.05, 3.63) is 57.4 Å². The lowest BCUT2D eigenvalue weighted by Gasteiger charge is -2.58. The summed E-state index contributed by atoms with van der Waals surface area (Å²) in [7, 11) is 0. The van der Waals surface area contributed by atoms with E-state index in [0.717, 1.165) is 30.4 Å². The fraction of sp³-hybridized carbons (Fsp3) is 0.556. The smallest absolute Gasteiger partial charge is 0.220 e. The number of fused-ring (bicyclic) bond motifs is 7. The van der Waals surface area contributed by atoms with Crippen LogP contribution in [0.15, 0.2) is 57.4 Å². The minimum atomic E-state index is -0.840. The standard InChI is InChI=1S/C27H32O4/c1-13-10-17-19(11-14(2)23(29)25(17)31)27(5)9-8-26(4)18(22(13)27)7-6-16-15(3)24(30)21(28)12-20(16)26/h6-7,12,14,17,19,23,29-30H,8-11H2,1-5H3. The normalized spacial score (nSPS) is 42.2. The SMILES string of the molecule is CC1=C2C3=CC=C4C(=CC(=O)C(O)=C4C)C3(C)CCC2(C)C2CC(C)C(O)C(=O)C2C1. The van der Waals surface area contributed by atoms with E-state index in [0.29, 0.717) is 12.0 Å². The number of aliphatic hydroxyl groups is 2. The second-order valence-electron chi connectivity index (χ2n) is 10.9. The molecule has 0 heterocycles. The van der Waals surface area contributed by atoms with Crippen LogP contribution < -0.4 is 0 Å². The maximum absolute atomic E-state index is 13.0. The lowest BCUT2D eigenvalue weighted by atomic mass is 9.45. The molecule has 0 amide bonds. The Morgan fingerprint density at radius 2 is 1.77 bits per heavy atom. The first-order valence-electron chi connectivity index (χ1n) is 11.5. The Balaban J connectivity index is 1.68. The van der Waals surface area contributed by atoms with Crippen molar-refractivity contribution >= 4 is 11.6 Å². The maximum Gasteiger partial charge on any atom is 0.220 e. The first-order valence-corrected chi connectivity index (χ1v) is 11.5. The third-order valence-corrected chi connectivity index (χ3v) is 9.23. The molecule has 0 aliphatic heterocycles. The van der Waals surface area contributed by atoms with Gasteiger partial charge >= 0.3 is 0 Å². The van der Waals surface area contributed by atoms with E-state index in [9.17, 15) is 19.8 Å². The minimum absolute atomic E-state index is 0.0141. The van der Waals surface area contributed by atoms with Gasteiger partial charge in [-0.3, -0.25) is 9.59 Å². The van der Waals surface area contributed by atoms with Gasteiger partial charge in [0.1, 0.15) is 6.10 Å². The highest BCUT2D eigenvalue weighted by molar-refractivity contribution is 6.06. The molecule has 0 bridgehead atoms. The van der Waals surface area contributed by atoms with Gasteiger partial charge in [-0.05, 0) is 85.2 Å². The summed E-state index contributed by atoms with van der Waals surface area (Å²) in [6, 6.07) is 0. The van der Waals surface area contributed by atoms with Crippen LogP contribution in [-0.2, 0) is 9.59 Å². The molecule has 0 aromatic heterocycles.